The van der Waals surface area contributed by atoms with Crippen molar-refractivity contribution in [3.8, 4) is 0 Å². The lowest BCUT2D eigenvalue weighted by Crippen LogP contribution is -2.00. The van der Waals surface area contributed by atoms with Gasteiger partial charge in [0.25, 0.3) is 0 Å². The number of rotatable bonds is 2. The molecule has 0 aliphatic heterocycles. The molecular weight excluding hydrogens is 264 g/mol. The second-order valence-electron chi connectivity index (χ2n) is 4.56. The first-order chi connectivity index (χ1) is 7.56. The second-order valence-corrected chi connectivity index (χ2v) is 5.27. The summed E-state index contributed by atoms with van der Waals surface area (Å²) in [4.78, 5) is 8.89. The lowest BCUT2D eigenvalue weighted by molar-refractivity contribution is 0.637. The monoisotopic (exact) mass is 278 g/mol. The van der Waals surface area contributed by atoms with Crippen LogP contribution >= 0.6 is 15.9 Å². The maximum Gasteiger partial charge on any atom is 0.197 e. The summed E-state index contributed by atoms with van der Waals surface area (Å²) in [6.07, 6.45) is 0.987. The highest BCUT2D eigenvalue weighted by Gasteiger charge is 2.08. The molecule has 3 heteroatoms. The van der Waals surface area contributed by atoms with Crippen molar-refractivity contribution in [2.75, 3.05) is 0 Å². The number of aryl methyl sites for hydroxylation is 1. The molecule has 0 amide bonds. The van der Waals surface area contributed by atoms with Gasteiger partial charge in [-0.3, -0.25) is 0 Å². The lowest BCUT2D eigenvalue weighted by Gasteiger charge is -2.08. The van der Waals surface area contributed by atoms with E-state index in [1.807, 2.05) is 0 Å². The molecule has 0 aliphatic carbocycles. The summed E-state index contributed by atoms with van der Waals surface area (Å²) in [5, 5.41) is 1.17. The van der Waals surface area contributed by atoms with Crippen LogP contribution in [-0.4, -0.2) is 9.97 Å². The number of halogens is 1. The zero-order chi connectivity index (χ0) is 11.7. The van der Waals surface area contributed by atoms with E-state index in [9.17, 15) is 0 Å². The molecule has 0 unspecified atom stereocenters. The van der Waals surface area contributed by atoms with E-state index in [2.05, 4.69) is 64.9 Å². The Kier molecular flexibility index (Phi) is 3.24. The average Bonchev–Trinajstić information content (AvgIpc) is 2.15. The number of benzene rings is 1. The van der Waals surface area contributed by atoms with Gasteiger partial charge in [-0.1, -0.05) is 26.0 Å². The topological polar surface area (TPSA) is 25.8 Å². The van der Waals surface area contributed by atoms with Gasteiger partial charge in [-0.15, -0.1) is 0 Å². The van der Waals surface area contributed by atoms with Crippen LogP contribution < -0.4 is 0 Å². The molecule has 0 saturated carbocycles. The molecule has 0 bridgehead atoms. The van der Waals surface area contributed by atoms with Gasteiger partial charge in [-0.05, 0) is 46.8 Å². The van der Waals surface area contributed by atoms with Crippen LogP contribution in [0.3, 0.4) is 0 Å². The van der Waals surface area contributed by atoms with Gasteiger partial charge in [-0.25, -0.2) is 9.97 Å². The van der Waals surface area contributed by atoms with Crippen LogP contribution in [0.25, 0.3) is 10.9 Å². The summed E-state index contributed by atoms with van der Waals surface area (Å²) < 4.78 is 0.682. The third-order valence-electron chi connectivity index (χ3n) is 2.51. The highest BCUT2D eigenvalue weighted by atomic mass is 79.9. The first-order valence-electron chi connectivity index (χ1n) is 5.49. The van der Waals surface area contributed by atoms with Crippen molar-refractivity contribution in [3.05, 3.63) is 34.2 Å². The Morgan fingerprint density at radius 2 is 2.00 bits per heavy atom. The van der Waals surface area contributed by atoms with Crippen LogP contribution in [-0.2, 0) is 6.42 Å². The minimum atomic E-state index is 0.603. The minimum absolute atomic E-state index is 0.603. The number of hydrogen-bond acceptors (Lipinski definition) is 2. The van der Waals surface area contributed by atoms with Crippen molar-refractivity contribution in [2.45, 2.75) is 27.2 Å². The van der Waals surface area contributed by atoms with Gasteiger partial charge >= 0.3 is 0 Å². The van der Waals surface area contributed by atoms with Gasteiger partial charge in [0.05, 0.1) is 11.2 Å². The summed E-state index contributed by atoms with van der Waals surface area (Å²) in [6.45, 7) is 6.49. The van der Waals surface area contributed by atoms with E-state index in [1.54, 1.807) is 0 Å². The molecule has 16 heavy (non-hydrogen) atoms. The fourth-order valence-corrected chi connectivity index (χ4v) is 2.22. The largest absolute Gasteiger partial charge is 0.227 e. The van der Waals surface area contributed by atoms with E-state index in [4.69, 9.17) is 0 Å². The Bertz CT molecular complexity index is 515. The summed E-state index contributed by atoms with van der Waals surface area (Å²) >= 11 is 3.38. The van der Waals surface area contributed by atoms with Crippen molar-refractivity contribution in [3.63, 3.8) is 0 Å². The maximum atomic E-state index is 4.48. The van der Waals surface area contributed by atoms with Crippen LogP contribution in [0.2, 0.25) is 0 Å². The fraction of sp³-hybridized carbons (Fsp3) is 0.385. The lowest BCUT2D eigenvalue weighted by atomic mass is 10.0. The van der Waals surface area contributed by atoms with Gasteiger partial charge < -0.3 is 0 Å². The van der Waals surface area contributed by atoms with Crippen LogP contribution in [0.1, 0.15) is 25.1 Å². The Balaban J connectivity index is 2.63. The van der Waals surface area contributed by atoms with E-state index in [1.165, 1.54) is 10.9 Å². The van der Waals surface area contributed by atoms with Crippen molar-refractivity contribution in [1.82, 2.24) is 9.97 Å². The Hall–Kier alpha value is -0.960. The van der Waals surface area contributed by atoms with Crippen LogP contribution in [0, 0.1) is 12.8 Å². The maximum absolute atomic E-state index is 4.48. The van der Waals surface area contributed by atoms with Gasteiger partial charge in [0.1, 0.15) is 0 Å². The Morgan fingerprint density at radius 3 is 2.69 bits per heavy atom. The molecule has 1 aromatic carbocycles. The van der Waals surface area contributed by atoms with Gasteiger partial charge in [0.15, 0.2) is 4.73 Å². The summed E-state index contributed by atoms with van der Waals surface area (Å²) in [5.41, 5.74) is 3.39. The molecule has 2 nitrogen and oxygen atoms in total. The number of fused-ring (bicyclic) bond motifs is 1. The Morgan fingerprint density at radius 1 is 1.25 bits per heavy atom. The molecule has 2 rings (SSSR count). The molecule has 0 fully saturated rings. The highest BCUT2D eigenvalue weighted by molar-refractivity contribution is 9.10. The Labute approximate surface area is 104 Å². The third-order valence-corrected chi connectivity index (χ3v) is 2.86. The SMILES string of the molecule is Cc1ccc2c(CC(C)C)nc(Br)nc2c1. The first kappa shape index (κ1) is 11.5. The number of hydrogen-bond donors (Lipinski definition) is 0. The second kappa shape index (κ2) is 4.50. The van der Waals surface area contributed by atoms with E-state index in [0.717, 1.165) is 17.6 Å². The molecule has 0 spiro atoms. The van der Waals surface area contributed by atoms with E-state index < -0.39 is 0 Å². The predicted octanol–water partition coefficient (Wildman–Crippen LogP) is 3.90. The van der Waals surface area contributed by atoms with Crippen LogP contribution in [0.5, 0.6) is 0 Å². The zero-order valence-electron chi connectivity index (χ0n) is 9.79. The molecule has 0 aliphatic rings. The predicted molar refractivity (Wildman–Crippen MR) is 70.5 cm³/mol. The molecule has 0 atom stereocenters. The fourth-order valence-electron chi connectivity index (χ4n) is 1.82. The van der Waals surface area contributed by atoms with E-state index in [0.29, 0.717) is 10.7 Å². The standard InChI is InChI=1S/C13H15BrN2/c1-8(2)6-11-10-5-4-9(3)7-12(10)16-13(14)15-11/h4-5,7-8H,6H2,1-3H3. The zero-order valence-corrected chi connectivity index (χ0v) is 11.4. The first-order valence-corrected chi connectivity index (χ1v) is 6.28. The average molecular weight is 279 g/mol. The molecule has 1 aromatic heterocycles. The molecular formula is C13H15BrN2. The van der Waals surface area contributed by atoms with Crippen molar-refractivity contribution in [2.24, 2.45) is 5.92 Å². The molecule has 0 saturated heterocycles. The van der Waals surface area contributed by atoms with Crippen LogP contribution in [0.15, 0.2) is 22.9 Å². The van der Waals surface area contributed by atoms with E-state index in [-0.39, 0.29) is 0 Å². The highest BCUT2D eigenvalue weighted by Crippen LogP contribution is 2.21. The summed E-state index contributed by atoms with van der Waals surface area (Å²) in [6, 6.07) is 6.34. The molecule has 0 radical (unpaired) electrons. The van der Waals surface area contributed by atoms with Crippen molar-refractivity contribution < 1.29 is 0 Å². The number of aromatic nitrogens is 2. The smallest absolute Gasteiger partial charge is 0.197 e. The summed E-state index contributed by atoms with van der Waals surface area (Å²) in [7, 11) is 0. The van der Waals surface area contributed by atoms with Gasteiger partial charge in [-0.2, -0.15) is 0 Å². The van der Waals surface area contributed by atoms with Crippen LogP contribution in [0.4, 0.5) is 0 Å². The number of nitrogens with zero attached hydrogens (tertiary/aromatic N) is 2. The van der Waals surface area contributed by atoms with Crippen molar-refractivity contribution in [1.29, 1.82) is 0 Å². The quantitative estimate of drug-likeness (QED) is 0.779. The van der Waals surface area contributed by atoms with Crippen molar-refractivity contribution >= 4 is 26.8 Å². The molecule has 1 heterocycles. The third kappa shape index (κ3) is 2.40. The molecule has 2 aromatic rings. The molecule has 0 N–H and O–H groups in total. The van der Waals surface area contributed by atoms with Gasteiger partial charge in [0.2, 0.25) is 0 Å². The van der Waals surface area contributed by atoms with E-state index >= 15 is 0 Å². The normalized spacial score (nSPS) is 11.3. The van der Waals surface area contributed by atoms with Gasteiger partial charge in [0, 0.05) is 5.39 Å². The minimum Gasteiger partial charge on any atom is -0.227 e. The summed E-state index contributed by atoms with van der Waals surface area (Å²) in [5.74, 6) is 0.603. The molecule has 84 valence electrons.